The second-order valence-corrected chi connectivity index (χ2v) is 11.6. The molecule has 0 unspecified atom stereocenters. The number of likely N-dealkylation sites (tertiary alicyclic amines) is 1. The molecule has 208 valence electrons. The zero-order valence-corrected chi connectivity index (χ0v) is 23.6. The lowest BCUT2D eigenvalue weighted by Gasteiger charge is -2.42. The van der Waals surface area contributed by atoms with Crippen LogP contribution in [0.25, 0.3) is 0 Å². The van der Waals surface area contributed by atoms with Crippen LogP contribution in [0.5, 0.6) is 0 Å². The zero-order valence-electron chi connectivity index (χ0n) is 22.9. The van der Waals surface area contributed by atoms with Crippen LogP contribution in [0.1, 0.15) is 60.3 Å². The van der Waals surface area contributed by atoms with Gasteiger partial charge in [-0.1, -0.05) is 36.6 Å². The number of hydrogen-bond donors (Lipinski definition) is 1. The van der Waals surface area contributed by atoms with Crippen molar-refractivity contribution in [2.45, 2.75) is 51.1 Å². The van der Waals surface area contributed by atoms with Gasteiger partial charge >= 0.3 is 0 Å². The molecule has 0 spiro atoms. The van der Waals surface area contributed by atoms with Crippen LogP contribution in [0.2, 0.25) is 5.02 Å². The molecule has 3 fully saturated rings. The molecular weight excluding hydrogens is 512 g/mol. The summed E-state index contributed by atoms with van der Waals surface area (Å²) >= 11 is 6.29. The first-order valence-corrected chi connectivity index (χ1v) is 14.6. The fourth-order valence-corrected chi connectivity index (χ4v) is 6.19. The first-order valence-electron chi connectivity index (χ1n) is 14.2. The van der Waals surface area contributed by atoms with Crippen molar-refractivity contribution in [3.05, 3.63) is 52.4 Å². The van der Waals surface area contributed by atoms with E-state index < -0.39 is 0 Å². The van der Waals surface area contributed by atoms with E-state index in [4.69, 9.17) is 11.6 Å². The first-order chi connectivity index (χ1) is 19.0. The van der Waals surface area contributed by atoms with E-state index in [1.807, 2.05) is 18.2 Å². The largest absolute Gasteiger partial charge is 0.304 e. The molecule has 0 atom stereocenters. The summed E-state index contributed by atoms with van der Waals surface area (Å²) in [7, 11) is 2.21. The number of likely N-dealkylation sites (N-methyl/N-ethyl adjacent to an activating group) is 1. The van der Waals surface area contributed by atoms with Crippen molar-refractivity contribution in [3.63, 3.8) is 0 Å². The highest BCUT2D eigenvalue weighted by Crippen LogP contribution is 2.27. The van der Waals surface area contributed by atoms with Crippen molar-refractivity contribution in [1.29, 1.82) is 5.26 Å². The summed E-state index contributed by atoms with van der Waals surface area (Å²) in [5.41, 5.74) is 4.93. The Balaban J connectivity index is 1.19. The number of piperidine rings is 1. The SMILES string of the molecule is CN1CCN(C2CCN(Cc3ccc(C(=O)N(CC4CCCC4)Nc4nc(C#N)ncc4Cl)cc3)CC2)CC1. The molecule has 5 rings (SSSR count). The average molecular weight is 551 g/mol. The van der Waals surface area contributed by atoms with E-state index in [1.54, 1.807) is 5.01 Å². The second-order valence-electron chi connectivity index (χ2n) is 11.2. The van der Waals surface area contributed by atoms with Crippen LogP contribution in [0, 0.1) is 17.2 Å². The second kappa shape index (κ2) is 13.1. The number of carbonyl (C=O) groups excluding carboxylic acids is 1. The minimum absolute atomic E-state index is 0.00656. The molecule has 9 nitrogen and oxygen atoms in total. The predicted octanol–water partition coefficient (Wildman–Crippen LogP) is 3.87. The Labute approximate surface area is 236 Å². The summed E-state index contributed by atoms with van der Waals surface area (Å²) in [5.74, 6) is 0.568. The van der Waals surface area contributed by atoms with Crippen molar-refractivity contribution in [3.8, 4) is 6.07 Å². The third-order valence-electron chi connectivity index (χ3n) is 8.46. The van der Waals surface area contributed by atoms with E-state index in [-0.39, 0.29) is 22.6 Å². The van der Waals surface area contributed by atoms with Gasteiger partial charge in [0.05, 0.1) is 6.20 Å². The van der Waals surface area contributed by atoms with Crippen LogP contribution in [-0.2, 0) is 6.54 Å². The topological polar surface area (TPSA) is 91.6 Å². The Morgan fingerprint density at radius 3 is 2.44 bits per heavy atom. The van der Waals surface area contributed by atoms with Gasteiger partial charge in [-0.3, -0.25) is 25.0 Å². The number of anilines is 1. The smallest absolute Gasteiger partial charge is 0.272 e. The number of hydrogen-bond acceptors (Lipinski definition) is 8. The molecule has 1 aliphatic carbocycles. The summed E-state index contributed by atoms with van der Waals surface area (Å²) in [5, 5.41) is 11.1. The molecule has 0 radical (unpaired) electrons. The van der Waals surface area contributed by atoms with E-state index >= 15 is 0 Å². The number of nitrogens with one attached hydrogen (secondary N) is 1. The highest BCUT2D eigenvalue weighted by molar-refractivity contribution is 6.32. The van der Waals surface area contributed by atoms with Gasteiger partial charge in [-0.25, -0.2) is 4.98 Å². The molecule has 39 heavy (non-hydrogen) atoms. The number of aromatic nitrogens is 2. The molecule has 1 aromatic heterocycles. The monoisotopic (exact) mass is 550 g/mol. The lowest BCUT2D eigenvalue weighted by Crippen LogP contribution is -2.52. The maximum absolute atomic E-state index is 13.6. The fraction of sp³-hybridized carbons (Fsp3) is 0.586. The Morgan fingerprint density at radius 2 is 1.77 bits per heavy atom. The highest BCUT2D eigenvalue weighted by Gasteiger charge is 2.27. The quantitative estimate of drug-likeness (QED) is 0.495. The minimum atomic E-state index is -0.130. The molecule has 2 saturated heterocycles. The Hall–Kier alpha value is -2.77. The number of hydrazine groups is 1. The van der Waals surface area contributed by atoms with E-state index in [1.165, 1.54) is 63.6 Å². The number of amides is 1. The van der Waals surface area contributed by atoms with Crippen LogP contribution in [0.15, 0.2) is 30.5 Å². The van der Waals surface area contributed by atoms with Crippen LogP contribution < -0.4 is 5.43 Å². The summed E-state index contributed by atoms with van der Waals surface area (Å²) in [6.07, 6.45) is 8.38. The van der Waals surface area contributed by atoms with Gasteiger partial charge in [0, 0.05) is 50.9 Å². The maximum Gasteiger partial charge on any atom is 0.272 e. The molecule has 2 aliphatic heterocycles. The van der Waals surface area contributed by atoms with E-state index in [9.17, 15) is 10.1 Å². The van der Waals surface area contributed by atoms with Gasteiger partial charge in [-0.2, -0.15) is 10.2 Å². The molecule has 2 aromatic rings. The predicted molar refractivity (Wildman–Crippen MR) is 152 cm³/mol. The Bertz CT molecular complexity index is 1150. The third-order valence-corrected chi connectivity index (χ3v) is 8.74. The Morgan fingerprint density at radius 1 is 1.08 bits per heavy atom. The van der Waals surface area contributed by atoms with Crippen LogP contribution in [0.3, 0.4) is 0 Å². The van der Waals surface area contributed by atoms with Gasteiger partial charge < -0.3 is 4.90 Å². The molecule has 1 aromatic carbocycles. The van der Waals surface area contributed by atoms with Gasteiger partial charge in [0.15, 0.2) is 5.82 Å². The van der Waals surface area contributed by atoms with Gasteiger partial charge in [-0.15, -0.1) is 0 Å². The normalized spacial score (nSPS) is 20.1. The lowest BCUT2D eigenvalue weighted by molar-refractivity contribution is 0.0657. The molecule has 0 bridgehead atoms. The van der Waals surface area contributed by atoms with Crippen molar-refractivity contribution >= 4 is 23.3 Å². The molecule has 3 heterocycles. The number of benzene rings is 1. The lowest BCUT2D eigenvalue weighted by atomic mass is 10.0. The van der Waals surface area contributed by atoms with E-state index in [0.717, 1.165) is 32.5 Å². The van der Waals surface area contributed by atoms with E-state index in [2.05, 4.69) is 49.3 Å². The van der Waals surface area contributed by atoms with Crippen LogP contribution in [0.4, 0.5) is 5.82 Å². The molecule has 1 N–H and O–H groups in total. The van der Waals surface area contributed by atoms with Gasteiger partial charge in [0.1, 0.15) is 11.1 Å². The summed E-state index contributed by atoms with van der Waals surface area (Å²) in [4.78, 5) is 29.3. The number of carbonyl (C=O) groups is 1. The first kappa shape index (κ1) is 27.8. The highest BCUT2D eigenvalue weighted by atomic mass is 35.5. The maximum atomic E-state index is 13.6. The standard InChI is InChI=1S/C29H39ClN8O/c1-35-14-16-37(17-15-35)25-10-12-36(13-11-25)20-23-6-8-24(9-7-23)29(39)38(21-22-4-2-3-5-22)34-28-26(30)19-32-27(18-31)33-28/h6-9,19,22,25H,2-5,10-17,20-21H2,1H3,(H,32,33,34). The average Bonchev–Trinajstić information content (AvgIpc) is 3.48. The minimum Gasteiger partial charge on any atom is -0.304 e. The van der Waals surface area contributed by atoms with Crippen molar-refractivity contribution in [1.82, 2.24) is 29.7 Å². The number of nitrogens with zero attached hydrogens (tertiary/aromatic N) is 7. The van der Waals surface area contributed by atoms with E-state index in [0.29, 0.717) is 24.1 Å². The molecule has 10 heteroatoms. The number of halogens is 1. The summed E-state index contributed by atoms with van der Waals surface area (Å²) < 4.78 is 0. The molecule has 3 aliphatic rings. The van der Waals surface area contributed by atoms with Crippen LogP contribution >= 0.6 is 11.6 Å². The van der Waals surface area contributed by atoms with Crippen LogP contribution in [-0.4, -0.2) is 94.5 Å². The zero-order chi connectivity index (χ0) is 27.2. The van der Waals surface area contributed by atoms with Crippen molar-refractivity contribution < 1.29 is 4.79 Å². The number of piperazine rings is 1. The van der Waals surface area contributed by atoms with Gasteiger partial charge in [-0.05, 0) is 69.4 Å². The van der Waals surface area contributed by atoms with Crippen molar-refractivity contribution in [2.24, 2.45) is 5.92 Å². The third kappa shape index (κ3) is 7.25. The molecule has 1 amide bonds. The van der Waals surface area contributed by atoms with Gasteiger partial charge in [0.25, 0.3) is 5.91 Å². The van der Waals surface area contributed by atoms with Crippen molar-refractivity contribution in [2.75, 3.05) is 58.3 Å². The molecular formula is C29H39ClN8O. The van der Waals surface area contributed by atoms with Gasteiger partial charge in [0.2, 0.25) is 5.82 Å². The Kier molecular flexibility index (Phi) is 9.30. The number of nitriles is 1. The summed E-state index contributed by atoms with van der Waals surface area (Å²) in [6.45, 7) is 8.41. The molecule has 1 saturated carbocycles. The number of rotatable bonds is 8. The fourth-order valence-electron chi connectivity index (χ4n) is 6.05. The summed E-state index contributed by atoms with van der Waals surface area (Å²) in [6, 6.07) is 10.6.